The topological polar surface area (TPSA) is 0 Å². The smallest absolute Gasteiger partial charge is 0.0484 e. The molecule has 0 aliphatic heterocycles. The molecule has 0 bridgehead atoms. The van der Waals surface area contributed by atoms with Gasteiger partial charge in [-0.2, -0.15) is 0 Å². The summed E-state index contributed by atoms with van der Waals surface area (Å²) in [5, 5.41) is 0.802. The highest BCUT2D eigenvalue weighted by molar-refractivity contribution is 6.33. The highest BCUT2D eigenvalue weighted by Crippen LogP contribution is 2.27. The fourth-order valence-corrected chi connectivity index (χ4v) is 3.05. The van der Waals surface area contributed by atoms with Crippen LogP contribution in [0.4, 0.5) is 0 Å². The molecule has 0 saturated heterocycles. The zero-order chi connectivity index (χ0) is 19.1. The van der Waals surface area contributed by atoms with E-state index in [4.69, 9.17) is 11.6 Å². The van der Waals surface area contributed by atoms with E-state index in [1.807, 2.05) is 30.3 Å². The largest absolute Gasteiger partial charge is 0.0837 e. The summed E-state index contributed by atoms with van der Waals surface area (Å²) in [5.41, 5.74) is 7.39. The van der Waals surface area contributed by atoms with E-state index in [1.165, 1.54) is 27.8 Å². The summed E-state index contributed by atoms with van der Waals surface area (Å²) >= 11 is 6.10. The first-order chi connectivity index (χ1) is 13.1. The molecule has 0 N–H and O–H groups in total. The van der Waals surface area contributed by atoms with Crippen molar-refractivity contribution in [2.45, 2.75) is 13.8 Å². The highest BCUT2D eigenvalue weighted by atomic mass is 35.5. The zero-order valence-corrected chi connectivity index (χ0v) is 16.4. The van der Waals surface area contributed by atoms with Crippen molar-refractivity contribution < 1.29 is 0 Å². The van der Waals surface area contributed by atoms with Crippen molar-refractivity contribution in [1.29, 1.82) is 0 Å². The second kappa shape index (κ2) is 9.21. The predicted octanol–water partition coefficient (Wildman–Crippen LogP) is 7.98. The summed E-state index contributed by atoms with van der Waals surface area (Å²) in [6.07, 6.45) is 0. The summed E-state index contributed by atoms with van der Waals surface area (Å²) in [5.74, 6) is 0. The molecule has 0 amide bonds. The molecule has 0 nitrogen and oxygen atoms in total. The Kier molecular flexibility index (Phi) is 6.46. The molecular weight excluding hydrogens is 348 g/mol. The van der Waals surface area contributed by atoms with Crippen LogP contribution >= 0.6 is 11.6 Å². The number of halogens is 1. The fraction of sp³-hybridized carbons (Fsp3) is 0.0769. The van der Waals surface area contributed by atoms with Gasteiger partial charge in [0.1, 0.15) is 0 Å². The standard InChI is InChI=1S/C13H11Cl.C13H12/c1-10-6-8-11(9-7-10)12-4-2-3-5-13(12)14;1-11-7-9-13(10-8-11)12-5-3-2-4-6-12/h2-9H,1H3;2-10H,1H3. The Hall–Kier alpha value is -2.83. The third-order valence-corrected chi connectivity index (χ3v) is 4.72. The number of hydrogen-bond acceptors (Lipinski definition) is 0. The number of rotatable bonds is 2. The predicted molar refractivity (Wildman–Crippen MR) is 118 cm³/mol. The average Bonchev–Trinajstić information content (AvgIpc) is 2.71. The van der Waals surface area contributed by atoms with Crippen LogP contribution in [-0.2, 0) is 0 Å². The van der Waals surface area contributed by atoms with Crippen molar-refractivity contribution in [2.75, 3.05) is 0 Å². The van der Waals surface area contributed by atoms with E-state index >= 15 is 0 Å². The first-order valence-corrected chi connectivity index (χ1v) is 9.45. The van der Waals surface area contributed by atoms with Crippen LogP contribution in [0.1, 0.15) is 11.1 Å². The van der Waals surface area contributed by atoms with Crippen LogP contribution in [0, 0.1) is 13.8 Å². The molecule has 4 rings (SSSR count). The SMILES string of the molecule is Cc1ccc(-c2ccccc2)cc1.Cc1ccc(-c2ccccc2Cl)cc1. The van der Waals surface area contributed by atoms with Crippen molar-refractivity contribution in [2.24, 2.45) is 0 Å². The van der Waals surface area contributed by atoms with Crippen LogP contribution in [0.2, 0.25) is 5.02 Å². The Labute approximate surface area is 167 Å². The molecular formula is C26H23Cl. The second-order valence-corrected chi connectivity index (χ2v) is 6.99. The summed E-state index contributed by atoms with van der Waals surface area (Å²) in [6, 6.07) is 35.3. The number of hydrogen-bond donors (Lipinski definition) is 0. The Morgan fingerprint density at radius 3 is 1.44 bits per heavy atom. The van der Waals surface area contributed by atoms with Gasteiger partial charge >= 0.3 is 0 Å². The lowest BCUT2D eigenvalue weighted by atomic mass is 10.0. The molecule has 4 aromatic carbocycles. The zero-order valence-electron chi connectivity index (χ0n) is 15.7. The maximum atomic E-state index is 6.10. The van der Waals surface area contributed by atoms with Crippen molar-refractivity contribution in [3.63, 3.8) is 0 Å². The molecule has 27 heavy (non-hydrogen) atoms. The van der Waals surface area contributed by atoms with Gasteiger partial charge in [-0.15, -0.1) is 0 Å². The van der Waals surface area contributed by atoms with Crippen molar-refractivity contribution in [3.8, 4) is 22.3 Å². The Morgan fingerprint density at radius 2 is 0.889 bits per heavy atom. The fourth-order valence-electron chi connectivity index (χ4n) is 2.81. The van der Waals surface area contributed by atoms with E-state index in [1.54, 1.807) is 0 Å². The minimum atomic E-state index is 0.802. The Morgan fingerprint density at radius 1 is 0.444 bits per heavy atom. The van der Waals surface area contributed by atoms with Gasteiger partial charge in [0.2, 0.25) is 0 Å². The maximum absolute atomic E-state index is 6.10. The first kappa shape index (κ1) is 18.9. The molecule has 1 heteroatoms. The second-order valence-electron chi connectivity index (χ2n) is 6.58. The first-order valence-electron chi connectivity index (χ1n) is 9.07. The minimum Gasteiger partial charge on any atom is -0.0837 e. The molecule has 134 valence electrons. The summed E-state index contributed by atoms with van der Waals surface area (Å²) in [7, 11) is 0. The summed E-state index contributed by atoms with van der Waals surface area (Å²) in [4.78, 5) is 0. The quantitative estimate of drug-likeness (QED) is 0.335. The van der Waals surface area contributed by atoms with E-state index in [0.717, 1.165) is 10.6 Å². The van der Waals surface area contributed by atoms with Gasteiger partial charge in [0.25, 0.3) is 0 Å². The lowest BCUT2D eigenvalue weighted by molar-refractivity contribution is 1.47. The molecule has 0 radical (unpaired) electrons. The van der Waals surface area contributed by atoms with E-state index in [0.29, 0.717) is 0 Å². The molecule has 0 aromatic heterocycles. The number of benzene rings is 4. The molecule has 0 aliphatic rings. The van der Waals surface area contributed by atoms with Gasteiger partial charge in [-0.3, -0.25) is 0 Å². The Bertz CT molecular complexity index is 969. The van der Waals surface area contributed by atoms with Gasteiger partial charge in [0, 0.05) is 10.6 Å². The monoisotopic (exact) mass is 370 g/mol. The molecule has 0 unspecified atom stereocenters. The van der Waals surface area contributed by atoms with Crippen LogP contribution in [0.25, 0.3) is 22.3 Å². The third-order valence-electron chi connectivity index (χ3n) is 4.40. The van der Waals surface area contributed by atoms with Gasteiger partial charge in [-0.1, -0.05) is 120 Å². The van der Waals surface area contributed by atoms with Gasteiger partial charge in [-0.05, 0) is 36.6 Å². The molecule has 0 fully saturated rings. The van der Waals surface area contributed by atoms with Crippen LogP contribution in [0.15, 0.2) is 103 Å². The molecule has 0 saturated carbocycles. The van der Waals surface area contributed by atoms with Crippen molar-refractivity contribution >= 4 is 11.6 Å². The van der Waals surface area contributed by atoms with E-state index in [9.17, 15) is 0 Å². The van der Waals surface area contributed by atoms with Gasteiger partial charge in [-0.25, -0.2) is 0 Å². The Balaban J connectivity index is 0.000000156. The van der Waals surface area contributed by atoms with Gasteiger partial charge < -0.3 is 0 Å². The van der Waals surface area contributed by atoms with E-state index in [2.05, 4.69) is 86.6 Å². The number of aryl methyl sites for hydroxylation is 2. The van der Waals surface area contributed by atoms with Crippen LogP contribution < -0.4 is 0 Å². The van der Waals surface area contributed by atoms with Crippen molar-refractivity contribution in [3.05, 3.63) is 119 Å². The lowest BCUT2D eigenvalue weighted by Gasteiger charge is -2.03. The lowest BCUT2D eigenvalue weighted by Crippen LogP contribution is -1.79. The minimum absolute atomic E-state index is 0.802. The molecule has 0 aliphatic carbocycles. The molecule has 4 aromatic rings. The molecule has 0 heterocycles. The summed E-state index contributed by atoms with van der Waals surface area (Å²) in [6.45, 7) is 4.19. The van der Waals surface area contributed by atoms with Crippen LogP contribution in [0.5, 0.6) is 0 Å². The van der Waals surface area contributed by atoms with Crippen LogP contribution in [-0.4, -0.2) is 0 Å². The normalized spacial score (nSPS) is 10.0. The maximum Gasteiger partial charge on any atom is 0.0484 e. The van der Waals surface area contributed by atoms with E-state index < -0.39 is 0 Å². The van der Waals surface area contributed by atoms with E-state index in [-0.39, 0.29) is 0 Å². The molecule has 0 atom stereocenters. The third kappa shape index (κ3) is 5.32. The highest BCUT2D eigenvalue weighted by Gasteiger charge is 2.00. The van der Waals surface area contributed by atoms with Crippen LogP contribution in [0.3, 0.4) is 0 Å². The molecule has 0 spiro atoms. The van der Waals surface area contributed by atoms with Gasteiger partial charge in [0.15, 0.2) is 0 Å². The average molecular weight is 371 g/mol. The van der Waals surface area contributed by atoms with Gasteiger partial charge in [0.05, 0.1) is 0 Å². The summed E-state index contributed by atoms with van der Waals surface area (Å²) < 4.78 is 0. The van der Waals surface area contributed by atoms with Crippen molar-refractivity contribution in [1.82, 2.24) is 0 Å².